The minimum Gasteiger partial charge on any atom is -0.496 e. The zero-order valence-corrected chi connectivity index (χ0v) is 11.1. The zero-order chi connectivity index (χ0) is 14.2. The molecular weight excluding hydrogens is 252 g/mol. The molecule has 0 radical (unpaired) electrons. The molecule has 100 valence electrons. The average molecular weight is 266 g/mol. The minimum absolute atomic E-state index is 0.315. The smallest absolute Gasteiger partial charge is 0.145 e. The lowest BCUT2D eigenvalue weighted by Gasteiger charge is -2.06. The van der Waals surface area contributed by atoms with Crippen molar-refractivity contribution in [2.75, 3.05) is 7.11 Å². The number of para-hydroxylation sites is 1. The Bertz CT molecular complexity index is 645. The van der Waals surface area contributed by atoms with Crippen molar-refractivity contribution >= 4 is 6.21 Å². The average Bonchev–Trinajstić information content (AvgIpc) is 2.52. The van der Waals surface area contributed by atoms with E-state index in [1.165, 1.54) is 6.21 Å². The van der Waals surface area contributed by atoms with Crippen LogP contribution in [0.5, 0.6) is 5.75 Å². The van der Waals surface area contributed by atoms with Crippen molar-refractivity contribution in [3.8, 4) is 11.8 Å². The molecule has 0 amide bonds. The lowest BCUT2D eigenvalue weighted by atomic mass is 10.1. The summed E-state index contributed by atoms with van der Waals surface area (Å²) in [5.74, 6) is 0.764. The normalized spacial score (nSPS) is 10.2. The highest BCUT2D eigenvalue weighted by atomic mass is 16.6. The predicted octanol–water partition coefficient (Wildman–Crippen LogP) is 3.12. The van der Waals surface area contributed by atoms with E-state index >= 15 is 0 Å². The van der Waals surface area contributed by atoms with Crippen molar-refractivity contribution < 1.29 is 9.57 Å². The number of benzene rings is 2. The monoisotopic (exact) mass is 266 g/mol. The van der Waals surface area contributed by atoms with Gasteiger partial charge in [0.05, 0.1) is 25.0 Å². The number of hydrogen-bond acceptors (Lipinski definition) is 4. The summed E-state index contributed by atoms with van der Waals surface area (Å²) in [5, 5.41) is 12.8. The number of nitriles is 1. The van der Waals surface area contributed by atoms with Crippen molar-refractivity contribution in [1.29, 1.82) is 5.26 Å². The molecule has 2 rings (SSSR count). The number of oxime groups is 1. The van der Waals surface area contributed by atoms with Crippen LogP contribution in [0.2, 0.25) is 0 Å². The fraction of sp³-hybridized carbons (Fsp3) is 0.125. The second kappa shape index (κ2) is 6.95. The molecule has 0 aliphatic carbocycles. The first-order valence-corrected chi connectivity index (χ1v) is 6.11. The van der Waals surface area contributed by atoms with Gasteiger partial charge >= 0.3 is 0 Å². The largest absolute Gasteiger partial charge is 0.496 e. The first kappa shape index (κ1) is 13.6. The second-order valence-corrected chi connectivity index (χ2v) is 4.02. The van der Waals surface area contributed by atoms with Crippen LogP contribution >= 0.6 is 0 Å². The number of nitrogens with zero attached hydrogens (tertiary/aromatic N) is 2. The molecular formula is C16H14N2O2. The molecule has 0 heterocycles. The van der Waals surface area contributed by atoms with E-state index in [1.54, 1.807) is 13.2 Å². The van der Waals surface area contributed by atoms with Crippen LogP contribution in [0.4, 0.5) is 0 Å². The fourth-order valence-corrected chi connectivity index (χ4v) is 1.73. The molecule has 4 heteroatoms. The first-order chi connectivity index (χ1) is 9.85. The number of ether oxygens (including phenoxy) is 1. The molecule has 0 fully saturated rings. The molecule has 0 unspecified atom stereocenters. The number of rotatable bonds is 5. The molecule has 0 spiro atoms. The number of hydrogen-bond donors (Lipinski definition) is 0. The Morgan fingerprint density at radius 3 is 2.70 bits per heavy atom. The fourth-order valence-electron chi connectivity index (χ4n) is 1.73. The van der Waals surface area contributed by atoms with Gasteiger partial charge in [-0.2, -0.15) is 5.26 Å². The van der Waals surface area contributed by atoms with Gasteiger partial charge in [-0.15, -0.1) is 0 Å². The molecule has 0 aliphatic rings. The molecule has 0 atom stereocenters. The first-order valence-electron chi connectivity index (χ1n) is 6.11. The Labute approximate surface area is 117 Å². The van der Waals surface area contributed by atoms with E-state index in [0.717, 1.165) is 16.9 Å². The van der Waals surface area contributed by atoms with Crippen LogP contribution in [-0.4, -0.2) is 13.3 Å². The molecule has 20 heavy (non-hydrogen) atoms. The topological polar surface area (TPSA) is 54.6 Å². The summed E-state index contributed by atoms with van der Waals surface area (Å²) < 4.78 is 5.22. The van der Waals surface area contributed by atoms with Gasteiger partial charge in [0, 0.05) is 11.1 Å². The van der Waals surface area contributed by atoms with E-state index in [2.05, 4.69) is 11.2 Å². The van der Waals surface area contributed by atoms with Gasteiger partial charge in [0.25, 0.3) is 0 Å². The van der Waals surface area contributed by atoms with Gasteiger partial charge in [-0.25, -0.2) is 0 Å². The molecule has 2 aromatic carbocycles. The molecule has 0 saturated carbocycles. The van der Waals surface area contributed by atoms with Crippen molar-refractivity contribution in [2.24, 2.45) is 5.16 Å². The van der Waals surface area contributed by atoms with Gasteiger partial charge in [-0.3, -0.25) is 0 Å². The van der Waals surface area contributed by atoms with Crippen LogP contribution in [0.3, 0.4) is 0 Å². The summed E-state index contributed by atoms with van der Waals surface area (Å²) in [7, 11) is 1.62. The van der Waals surface area contributed by atoms with Crippen LogP contribution in [0.25, 0.3) is 0 Å². The van der Waals surface area contributed by atoms with E-state index in [4.69, 9.17) is 14.8 Å². The van der Waals surface area contributed by atoms with E-state index in [1.807, 2.05) is 42.5 Å². The summed E-state index contributed by atoms with van der Waals surface area (Å²) in [4.78, 5) is 5.25. The van der Waals surface area contributed by atoms with Crippen LogP contribution in [0.15, 0.2) is 53.7 Å². The number of methoxy groups -OCH3 is 1. The van der Waals surface area contributed by atoms with Gasteiger partial charge < -0.3 is 9.57 Å². The van der Waals surface area contributed by atoms with Crippen LogP contribution in [0, 0.1) is 11.3 Å². The van der Waals surface area contributed by atoms with Gasteiger partial charge in [0.1, 0.15) is 12.4 Å². The molecule has 0 N–H and O–H groups in total. The lowest BCUT2D eigenvalue weighted by Crippen LogP contribution is -1.94. The van der Waals surface area contributed by atoms with Crippen molar-refractivity contribution in [3.05, 3.63) is 65.2 Å². The third kappa shape index (κ3) is 3.36. The third-order valence-electron chi connectivity index (χ3n) is 2.76. The summed E-state index contributed by atoms with van der Waals surface area (Å²) in [6, 6.07) is 16.9. The van der Waals surface area contributed by atoms with Crippen molar-refractivity contribution in [1.82, 2.24) is 0 Å². The Hall–Kier alpha value is -2.80. The van der Waals surface area contributed by atoms with Crippen LogP contribution in [0.1, 0.15) is 16.7 Å². The van der Waals surface area contributed by atoms with Gasteiger partial charge in [-0.05, 0) is 12.1 Å². The van der Waals surface area contributed by atoms with E-state index in [0.29, 0.717) is 12.2 Å². The Balaban J connectivity index is 1.99. The summed E-state index contributed by atoms with van der Waals surface area (Å²) >= 11 is 0. The molecule has 0 aliphatic heterocycles. The van der Waals surface area contributed by atoms with Crippen LogP contribution in [-0.2, 0) is 11.4 Å². The summed E-state index contributed by atoms with van der Waals surface area (Å²) in [6.07, 6.45) is 1.54. The van der Waals surface area contributed by atoms with Gasteiger partial charge in [0.15, 0.2) is 0 Å². The summed E-state index contributed by atoms with van der Waals surface area (Å²) in [6.45, 7) is 0.315. The molecule has 0 aromatic heterocycles. The molecule has 2 aromatic rings. The SMILES string of the molecule is COc1ccccc1CON=Cc1ccccc1C#N. The highest BCUT2D eigenvalue weighted by Crippen LogP contribution is 2.18. The highest BCUT2D eigenvalue weighted by molar-refractivity contribution is 5.82. The zero-order valence-electron chi connectivity index (χ0n) is 11.1. The highest BCUT2D eigenvalue weighted by Gasteiger charge is 2.01. The third-order valence-corrected chi connectivity index (χ3v) is 2.76. The van der Waals surface area contributed by atoms with Crippen molar-refractivity contribution in [2.45, 2.75) is 6.61 Å². The maximum Gasteiger partial charge on any atom is 0.145 e. The second-order valence-electron chi connectivity index (χ2n) is 4.02. The Morgan fingerprint density at radius 2 is 1.90 bits per heavy atom. The molecule has 0 bridgehead atoms. The summed E-state index contributed by atoms with van der Waals surface area (Å²) in [5.41, 5.74) is 2.22. The maximum atomic E-state index is 8.95. The predicted molar refractivity (Wildman–Crippen MR) is 76.5 cm³/mol. The Kier molecular flexibility index (Phi) is 4.74. The molecule has 4 nitrogen and oxygen atoms in total. The van der Waals surface area contributed by atoms with Crippen molar-refractivity contribution in [3.63, 3.8) is 0 Å². The maximum absolute atomic E-state index is 8.95. The van der Waals surface area contributed by atoms with E-state index in [9.17, 15) is 0 Å². The Morgan fingerprint density at radius 1 is 1.15 bits per heavy atom. The van der Waals surface area contributed by atoms with Crippen LogP contribution < -0.4 is 4.74 Å². The van der Waals surface area contributed by atoms with E-state index < -0.39 is 0 Å². The molecule has 0 saturated heterocycles. The standard InChI is InChI=1S/C16H14N2O2/c1-19-16-9-5-4-8-15(16)12-20-18-11-14-7-3-2-6-13(14)10-17/h2-9,11H,12H2,1H3. The quantitative estimate of drug-likeness (QED) is 0.617. The van der Waals surface area contributed by atoms with Gasteiger partial charge in [-0.1, -0.05) is 41.6 Å². The lowest BCUT2D eigenvalue weighted by molar-refractivity contribution is 0.130. The van der Waals surface area contributed by atoms with Gasteiger partial charge in [0.2, 0.25) is 0 Å². The minimum atomic E-state index is 0.315. The van der Waals surface area contributed by atoms with E-state index in [-0.39, 0.29) is 0 Å².